The fraction of sp³-hybridized carbons (Fsp3) is 0.182. The molecule has 3 aromatic rings. The third-order valence-corrected chi connectivity index (χ3v) is 4.14. The van der Waals surface area contributed by atoms with Crippen molar-refractivity contribution in [3.63, 3.8) is 0 Å². The van der Waals surface area contributed by atoms with Crippen LogP contribution in [0.15, 0.2) is 66.7 Å². The molecule has 1 atom stereocenters. The molecule has 2 nitrogen and oxygen atoms in total. The highest BCUT2D eigenvalue weighted by Gasteiger charge is 2.08. The van der Waals surface area contributed by atoms with Gasteiger partial charge in [0.25, 0.3) is 0 Å². The summed E-state index contributed by atoms with van der Waals surface area (Å²) in [5.41, 5.74) is 3.43. The Morgan fingerprint density at radius 2 is 1.79 bits per heavy atom. The summed E-state index contributed by atoms with van der Waals surface area (Å²) in [5.74, 6) is 5.64. The number of nitrogens with one attached hydrogen (secondary N) is 1. The number of hydrogen-bond acceptors (Lipinski definition) is 2. The number of rotatable bonds is 4. The predicted octanol–water partition coefficient (Wildman–Crippen LogP) is 4.03. The number of aliphatic hydroxyl groups excluding tert-OH is 1. The Bertz CT molecular complexity index is 884. The van der Waals surface area contributed by atoms with Crippen molar-refractivity contribution in [2.24, 2.45) is 0 Å². The lowest BCUT2D eigenvalue weighted by molar-refractivity contribution is 0.350. The van der Waals surface area contributed by atoms with Crippen molar-refractivity contribution in [2.45, 2.75) is 19.5 Å². The molecule has 120 valence electrons. The molecule has 0 fully saturated rings. The molecule has 0 heterocycles. The Kier molecular flexibility index (Phi) is 5.28. The van der Waals surface area contributed by atoms with Crippen molar-refractivity contribution in [1.82, 2.24) is 5.32 Å². The molecule has 0 saturated heterocycles. The van der Waals surface area contributed by atoms with Gasteiger partial charge in [-0.1, -0.05) is 66.4 Å². The molecule has 0 aliphatic carbocycles. The first-order chi connectivity index (χ1) is 11.8. The topological polar surface area (TPSA) is 32.3 Å². The van der Waals surface area contributed by atoms with Crippen LogP contribution in [0.25, 0.3) is 10.8 Å². The summed E-state index contributed by atoms with van der Waals surface area (Å²) in [5, 5.41) is 15.0. The largest absolute Gasteiger partial charge is 0.384 e. The Hall–Kier alpha value is -2.60. The average Bonchev–Trinajstić information content (AvgIpc) is 2.64. The lowest BCUT2D eigenvalue weighted by Gasteiger charge is -2.17. The Morgan fingerprint density at radius 1 is 1.00 bits per heavy atom. The van der Waals surface area contributed by atoms with Gasteiger partial charge in [0.05, 0.1) is 0 Å². The van der Waals surface area contributed by atoms with Gasteiger partial charge in [0.1, 0.15) is 6.61 Å². The first-order valence-corrected chi connectivity index (χ1v) is 8.17. The maximum atomic E-state index is 8.80. The van der Waals surface area contributed by atoms with Crippen LogP contribution in [0.3, 0.4) is 0 Å². The van der Waals surface area contributed by atoms with Gasteiger partial charge in [0.2, 0.25) is 0 Å². The first-order valence-electron chi connectivity index (χ1n) is 8.17. The predicted molar refractivity (Wildman–Crippen MR) is 99.6 cm³/mol. The maximum Gasteiger partial charge on any atom is 0.104 e. The number of aliphatic hydroxyl groups is 1. The molecule has 0 saturated carbocycles. The summed E-state index contributed by atoms with van der Waals surface area (Å²) in [4.78, 5) is 0. The number of fused-ring (bicyclic) bond motifs is 1. The van der Waals surface area contributed by atoms with Gasteiger partial charge in [-0.3, -0.25) is 0 Å². The van der Waals surface area contributed by atoms with Gasteiger partial charge in [0, 0.05) is 18.2 Å². The molecule has 0 aliphatic rings. The third-order valence-electron chi connectivity index (χ3n) is 4.14. The molecular formula is C22H21NO. The minimum Gasteiger partial charge on any atom is -0.384 e. The lowest BCUT2D eigenvalue weighted by atomic mass is 9.99. The normalized spacial score (nSPS) is 11.8. The van der Waals surface area contributed by atoms with E-state index in [0.29, 0.717) is 0 Å². The van der Waals surface area contributed by atoms with Crippen molar-refractivity contribution in [1.29, 1.82) is 0 Å². The fourth-order valence-corrected chi connectivity index (χ4v) is 2.91. The van der Waals surface area contributed by atoms with Crippen LogP contribution in [-0.2, 0) is 6.54 Å². The molecule has 0 amide bonds. The van der Waals surface area contributed by atoms with Gasteiger partial charge in [-0.05, 0) is 41.0 Å². The molecule has 3 rings (SSSR count). The van der Waals surface area contributed by atoms with E-state index in [1.165, 1.54) is 21.9 Å². The zero-order chi connectivity index (χ0) is 16.8. The second kappa shape index (κ2) is 7.79. The van der Waals surface area contributed by atoms with E-state index in [9.17, 15) is 0 Å². The molecule has 0 spiro atoms. The smallest absolute Gasteiger partial charge is 0.104 e. The molecule has 1 unspecified atom stereocenters. The molecule has 2 N–H and O–H groups in total. The summed E-state index contributed by atoms with van der Waals surface area (Å²) >= 11 is 0. The van der Waals surface area contributed by atoms with E-state index in [4.69, 9.17) is 5.11 Å². The van der Waals surface area contributed by atoms with E-state index < -0.39 is 0 Å². The van der Waals surface area contributed by atoms with Crippen LogP contribution in [0, 0.1) is 11.8 Å². The van der Waals surface area contributed by atoms with Crippen molar-refractivity contribution >= 4 is 10.8 Å². The zero-order valence-corrected chi connectivity index (χ0v) is 13.8. The monoisotopic (exact) mass is 315 g/mol. The molecule has 2 heteroatoms. The van der Waals surface area contributed by atoms with Crippen molar-refractivity contribution < 1.29 is 5.11 Å². The van der Waals surface area contributed by atoms with E-state index in [0.717, 1.165) is 12.1 Å². The van der Waals surface area contributed by atoms with Crippen LogP contribution in [0.4, 0.5) is 0 Å². The SMILES string of the molecule is CC(NCc1cccc(C#CCO)c1)c1cccc2ccccc12. The van der Waals surface area contributed by atoms with Crippen LogP contribution in [0.2, 0.25) is 0 Å². The minimum absolute atomic E-state index is 0.111. The van der Waals surface area contributed by atoms with Gasteiger partial charge in [-0.25, -0.2) is 0 Å². The molecule has 24 heavy (non-hydrogen) atoms. The van der Waals surface area contributed by atoms with E-state index in [2.05, 4.69) is 78.7 Å². The van der Waals surface area contributed by atoms with Crippen LogP contribution in [0.5, 0.6) is 0 Å². The summed E-state index contributed by atoms with van der Waals surface area (Å²) in [6.07, 6.45) is 0. The van der Waals surface area contributed by atoms with Gasteiger partial charge < -0.3 is 10.4 Å². The minimum atomic E-state index is -0.111. The Balaban J connectivity index is 1.74. The van der Waals surface area contributed by atoms with Crippen LogP contribution in [0.1, 0.15) is 29.7 Å². The van der Waals surface area contributed by atoms with Crippen molar-refractivity contribution in [3.05, 3.63) is 83.4 Å². The highest BCUT2D eigenvalue weighted by molar-refractivity contribution is 5.86. The van der Waals surface area contributed by atoms with E-state index in [1.807, 2.05) is 12.1 Å². The highest BCUT2D eigenvalue weighted by atomic mass is 16.2. The van der Waals surface area contributed by atoms with Crippen molar-refractivity contribution in [2.75, 3.05) is 6.61 Å². The summed E-state index contributed by atoms with van der Waals surface area (Å²) in [6, 6.07) is 23.3. The second-order valence-electron chi connectivity index (χ2n) is 5.83. The molecule has 3 aromatic carbocycles. The molecule has 0 aromatic heterocycles. The van der Waals surface area contributed by atoms with E-state index >= 15 is 0 Å². The fourth-order valence-electron chi connectivity index (χ4n) is 2.91. The highest BCUT2D eigenvalue weighted by Crippen LogP contribution is 2.24. The van der Waals surface area contributed by atoms with E-state index in [-0.39, 0.29) is 12.6 Å². The summed E-state index contributed by atoms with van der Waals surface area (Å²) in [7, 11) is 0. The number of benzene rings is 3. The van der Waals surface area contributed by atoms with Crippen LogP contribution >= 0.6 is 0 Å². The molecule has 0 radical (unpaired) electrons. The van der Waals surface area contributed by atoms with Gasteiger partial charge >= 0.3 is 0 Å². The molecular weight excluding hydrogens is 294 g/mol. The quantitative estimate of drug-likeness (QED) is 0.712. The summed E-state index contributed by atoms with van der Waals surface area (Å²) < 4.78 is 0. The second-order valence-corrected chi connectivity index (χ2v) is 5.83. The van der Waals surface area contributed by atoms with Crippen molar-refractivity contribution in [3.8, 4) is 11.8 Å². The Labute approximate surface area is 143 Å². The lowest BCUT2D eigenvalue weighted by Crippen LogP contribution is -2.18. The van der Waals surface area contributed by atoms with Gasteiger partial charge in [-0.15, -0.1) is 0 Å². The molecule has 0 aliphatic heterocycles. The zero-order valence-electron chi connectivity index (χ0n) is 13.8. The van der Waals surface area contributed by atoms with Gasteiger partial charge in [0.15, 0.2) is 0 Å². The Morgan fingerprint density at radius 3 is 2.67 bits per heavy atom. The summed E-state index contributed by atoms with van der Waals surface area (Å²) in [6.45, 7) is 2.86. The maximum absolute atomic E-state index is 8.80. The van der Waals surface area contributed by atoms with Crippen LogP contribution < -0.4 is 5.32 Å². The van der Waals surface area contributed by atoms with E-state index in [1.54, 1.807) is 0 Å². The average molecular weight is 315 g/mol. The number of hydrogen-bond donors (Lipinski definition) is 2. The third kappa shape index (κ3) is 3.83. The first kappa shape index (κ1) is 16.3. The standard InChI is InChI=1S/C22H21NO/c1-17(21-13-5-11-20-10-2-3-12-22(20)21)23-16-19-8-4-7-18(15-19)9-6-14-24/h2-5,7-8,10-13,15,17,23-24H,14,16H2,1H3. The van der Waals surface area contributed by atoms with Crippen LogP contribution in [-0.4, -0.2) is 11.7 Å². The van der Waals surface area contributed by atoms with Gasteiger partial charge in [-0.2, -0.15) is 0 Å². The molecule has 0 bridgehead atoms.